The van der Waals surface area contributed by atoms with Crippen LogP contribution in [-0.2, 0) is 0 Å². The molecule has 0 saturated carbocycles. The summed E-state index contributed by atoms with van der Waals surface area (Å²) in [6.07, 6.45) is 6.08. The van der Waals surface area contributed by atoms with Crippen molar-refractivity contribution in [3.63, 3.8) is 0 Å². The zero-order valence-corrected chi connectivity index (χ0v) is 15.9. The van der Waals surface area contributed by atoms with Crippen LogP contribution < -0.4 is 10.1 Å². The monoisotopic (exact) mass is 355 g/mol. The number of ether oxygens (including phenoxy) is 1. The molecular formula is C25H25NO. The molecule has 1 aliphatic heterocycles. The molecule has 27 heavy (non-hydrogen) atoms. The third kappa shape index (κ3) is 2.80. The molecule has 3 atom stereocenters. The van der Waals surface area contributed by atoms with Crippen molar-refractivity contribution in [3.8, 4) is 5.75 Å². The summed E-state index contributed by atoms with van der Waals surface area (Å²) in [7, 11) is 0. The van der Waals surface area contributed by atoms with Crippen molar-refractivity contribution >= 4 is 16.5 Å². The predicted molar refractivity (Wildman–Crippen MR) is 113 cm³/mol. The molecule has 1 aliphatic carbocycles. The number of rotatable bonds is 3. The molecule has 2 nitrogen and oxygen atoms in total. The maximum Gasteiger partial charge on any atom is 0.119 e. The second-order valence-electron chi connectivity index (χ2n) is 7.96. The Kier molecular flexibility index (Phi) is 3.93. The van der Waals surface area contributed by atoms with E-state index in [1.165, 1.54) is 27.6 Å². The third-order valence-corrected chi connectivity index (χ3v) is 5.87. The summed E-state index contributed by atoms with van der Waals surface area (Å²) in [5, 5.41) is 6.52. The molecule has 1 N–H and O–H groups in total. The quantitative estimate of drug-likeness (QED) is 0.545. The Hall–Kier alpha value is -2.74. The first-order valence-electron chi connectivity index (χ1n) is 9.92. The Morgan fingerprint density at radius 1 is 0.963 bits per heavy atom. The summed E-state index contributed by atoms with van der Waals surface area (Å²) in [5.41, 5.74) is 4.07. The van der Waals surface area contributed by atoms with Crippen LogP contribution in [0.1, 0.15) is 43.4 Å². The molecular weight excluding hydrogens is 330 g/mol. The number of hydrogen-bond donors (Lipinski definition) is 1. The zero-order valence-electron chi connectivity index (χ0n) is 15.9. The Morgan fingerprint density at radius 3 is 2.59 bits per heavy atom. The van der Waals surface area contributed by atoms with Crippen LogP contribution in [0.5, 0.6) is 5.75 Å². The number of nitrogens with one attached hydrogen (secondary N) is 1. The first-order chi connectivity index (χ1) is 13.2. The van der Waals surface area contributed by atoms with Crippen LogP contribution in [0.3, 0.4) is 0 Å². The van der Waals surface area contributed by atoms with Gasteiger partial charge in [0.2, 0.25) is 0 Å². The van der Waals surface area contributed by atoms with Gasteiger partial charge in [-0.25, -0.2) is 0 Å². The van der Waals surface area contributed by atoms with E-state index >= 15 is 0 Å². The summed E-state index contributed by atoms with van der Waals surface area (Å²) in [6, 6.07) is 22.2. The summed E-state index contributed by atoms with van der Waals surface area (Å²) >= 11 is 0. The third-order valence-electron chi connectivity index (χ3n) is 5.87. The highest BCUT2D eigenvalue weighted by molar-refractivity contribution is 5.96. The number of anilines is 1. The van der Waals surface area contributed by atoms with Crippen molar-refractivity contribution in [2.45, 2.75) is 38.3 Å². The maximum absolute atomic E-state index is 5.82. The fourth-order valence-corrected chi connectivity index (χ4v) is 4.70. The Bertz CT molecular complexity index is 1000. The first-order valence-corrected chi connectivity index (χ1v) is 9.92. The SMILES string of the molecule is CC(C)Oc1ccc([C@@H]2Nc3c(ccc4ccccc34)[C@@H]3C=CC[C@@H]32)cc1. The van der Waals surface area contributed by atoms with E-state index < -0.39 is 0 Å². The van der Waals surface area contributed by atoms with E-state index in [0.717, 1.165) is 12.2 Å². The van der Waals surface area contributed by atoms with Crippen LogP contribution in [-0.4, -0.2) is 6.10 Å². The molecule has 0 bridgehead atoms. The van der Waals surface area contributed by atoms with E-state index in [4.69, 9.17) is 4.74 Å². The fraction of sp³-hybridized carbons (Fsp3) is 0.280. The summed E-state index contributed by atoms with van der Waals surface area (Å²) in [6.45, 7) is 4.13. The minimum absolute atomic E-state index is 0.199. The molecule has 0 amide bonds. The minimum atomic E-state index is 0.199. The lowest BCUT2D eigenvalue weighted by Gasteiger charge is -2.38. The lowest BCUT2D eigenvalue weighted by molar-refractivity contribution is 0.242. The van der Waals surface area contributed by atoms with Gasteiger partial charge in [0.15, 0.2) is 0 Å². The summed E-state index contributed by atoms with van der Waals surface area (Å²) in [5.74, 6) is 1.99. The fourth-order valence-electron chi connectivity index (χ4n) is 4.70. The van der Waals surface area contributed by atoms with Gasteiger partial charge in [0, 0.05) is 17.0 Å². The van der Waals surface area contributed by atoms with Crippen molar-refractivity contribution in [2.24, 2.45) is 5.92 Å². The number of benzene rings is 3. The van der Waals surface area contributed by atoms with Crippen molar-refractivity contribution in [1.29, 1.82) is 0 Å². The average Bonchev–Trinajstić information content (AvgIpc) is 3.17. The molecule has 0 radical (unpaired) electrons. The van der Waals surface area contributed by atoms with Crippen molar-refractivity contribution in [1.82, 2.24) is 0 Å². The summed E-state index contributed by atoms with van der Waals surface area (Å²) in [4.78, 5) is 0. The van der Waals surface area contributed by atoms with Crippen LogP contribution in [0.15, 0.2) is 72.8 Å². The zero-order chi connectivity index (χ0) is 18.4. The van der Waals surface area contributed by atoms with E-state index in [0.29, 0.717) is 17.9 Å². The molecule has 3 aromatic carbocycles. The maximum atomic E-state index is 5.82. The highest BCUT2D eigenvalue weighted by Gasteiger charge is 2.38. The normalized spacial score (nSPS) is 23.1. The molecule has 0 saturated heterocycles. The average molecular weight is 355 g/mol. The molecule has 0 aromatic heterocycles. The van der Waals surface area contributed by atoms with Crippen molar-refractivity contribution in [2.75, 3.05) is 5.32 Å². The second-order valence-corrected chi connectivity index (χ2v) is 7.96. The van der Waals surface area contributed by atoms with Gasteiger partial charge < -0.3 is 10.1 Å². The first kappa shape index (κ1) is 16.4. The summed E-state index contributed by atoms with van der Waals surface area (Å²) < 4.78 is 5.82. The van der Waals surface area contributed by atoms with Crippen LogP contribution >= 0.6 is 0 Å². The highest BCUT2D eigenvalue weighted by Crippen LogP contribution is 2.51. The van der Waals surface area contributed by atoms with Gasteiger partial charge in [-0.15, -0.1) is 0 Å². The van der Waals surface area contributed by atoms with Gasteiger partial charge in [-0.2, -0.15) is 0 Å². The smallest absolute Gasteiger partial charge is 0.119 e. The van der Waals surface area contributed by atoms with Crippen LogP contribution in [0.2, 0.25) is 0 Å². The van der Waals surface area contributed by atoms with Crippen LogP contribution in [0.25, 0.3) is 10.8 Å². The van der Waals surface area contributed by atoms with Crippen LogP contribution in [0.4, 0.5) is 5.69 Å². The Labute approximate surface area is 160 Å². The van der Waals surface area contributed by atoms with Gasteiger partial charge in [-0.3, -0.25) is 0 Å². The largest absolute Gasteiger partial charge is 0.491 e. The molecule has 5 rings (SSSR count). The van der Waals surface area contributed by atoms with Crippen LogP contribution in [0, 0.1) is 5.92 Å². The second kappa shape index (κ2) is 6.45. The van der Waals surface area contributed by atoms with E-state index in [-0.39, 0.29) is 6.10 Å². The molecule has 136 valence electrons. The molecule has 3 aromatic rings. The van der Waals surface area contributed by atoms with E-state index in [2.05, 4.69) is 92.0 Å². The number of fused-ring (bicyclic) bond motifs is 5. The van der Waals surface area contributed by atoms with Gasteiger partial charge in [-0.1, -0.05) is 60.7 Å². The molecule has 2 heteroatoms. The lowest BCUT2D eigenvalue weighted by Crippen LogP contribution is -2.29. The topological polar surface area (TPSA) is 21.3 Å². The minimum Gasteiger partial charge on any atom is -0.491 e. The molecule has 2 aliphatic rings. The Balaban J connectivity index is 1.56. The van der Waals surface area contributed by atoms with Gasteiger partial charge in [0.1, 0.15) is 5.75 Å². The van der Waals surface area contributed by atoms with E-state index in [9.17, 15) is 0 Å². The van der Waals surface area contributed by atoms with Gasteiger partial charge >= 0.3 is 0 Å². The predicted octanol–water partition coefficient (Wildman–Crippen LogP) is 6.45. The molecule has 0 unspecified atom stereocenters. The van der Waals surface area contributed by atoms with Gasteiger partial charge in [0.05, 0.1) is 12.1 Å². The molecule has 0 spiro atoms. The lowest BCUT2D eigenvalue weighted by atomic mass is 9.76. The van der Waals surface area contributed by atoms with Crippen molar-refractivity contribution < 1.29 is 4.74 Å². The van der Waals surface area contributed by atoms with Gasteiger partial charge in [0.25, 0.3) is 0 Å². The molecule has 0 fully saturated rings. The van der Waals surface area contributed by atoms with E-state index in [1.54, 1.807) is 0 Å². The van der Waals surface area contributed by atoms with E-state index in [1.807, 2.05) is 0 Å². The Morgan fingerprint density at radius 2 is 1.78 bits per heavy atom. The number of allylic oxidation sites excluding steroid dienone is 2. The van der Waals surface area contributed by atoms with Crippen molar-refractivity contribution in [3.05, 3.63) is 83.9 Å². The standard InChI is InChI=1S/C25H25NO/c1-16(2)27-19-13-10-18(11-14-19)24-22-9-5-8-21(22)23-15-12-17-6-3-4-7-20(17)25(23)26-24/h3-8,10-16,21-22,24,26H,9H2,1-2H3/t21-,22+,24+/m1/s1. The molecule has 1 heterocycles. The number of hydrogen-bond acceptors (Lipinski definition) is 2. The highest BCUT2D eigenvalue weighted by atomic mass is 16.5. The van der Waals surface area contributed by atoms with Gasteiger partial charge in [-0.05, 0) is 54.8 Å².